The summed E-state index contributed by atoms with van der Waals surface area (Å²) >= 11 is 0. The molecule has 14 nitrogen and oxygen atoms in total. The molecule has 1 saturated heterocycles. The number of likely N-dealkylation sites (tertiary alicyclic amines) is 1. The van der Waals surface area contributed by atoms with Crippen molar-refractivity contribution in [3.63, 3.8) is 0 Å². The van der Waals surface area contributed by atoms with E-state index in [0.29, 0.717) is 51.9 Å². The summed E-state index contributed by atoms with van der Waals surface area (Å²) in [6.07, 6.45) is 6.68. The molecule has 4 unspecified atom stereocenters. The normalized spacial score (nSPS) is 14.7. The van der Waals surface area contributed by atoms with Gasteiger partial charge in [0.25, 0.3) is 0 Å². The number of likely N-dealkylation sites (N-methyl/N-ethyl adjacent to an activating group) is 1. The van der Waals surface area contributed by atoms with E-state index in [1.807, 2.05) is 71.9 Å². The van der Waals surface area contributed by atoms with Crippen LogP contribution in [0.3, 0.4) is 0 Å². The summed E-state index contributed by atoms with van der Waals surface area (Å²) in [7, 11) is 0. The quantitative estimate of drug-likeness (QED) is 0.0480. The van der Waals surface area contributed by atoms with Gasteiger partial charge in [0.15, 0.2) is 5.78 Å². The molecule has 1 heterocycles. The lowest BCUT2D eigenvalue weighted by Gasteiger charge is -2.38. The van der Waals surface area contributed by atoms with E-state index in [1.165, 1.54) is 19.8 Å². The van der Waals surface area contributed by atoms with Crippen molar-refractivity contribution in [2.75, 3.05) is 32.7 Å². The highest BCUT2D eigenvalue weighted by Gasteiger charge is 2.42. The van der Waals surface area contributed by atoms with E-state index in [1.54, 1.807) is 11.0 Å². The van der Waals surface area contributed by atoms with Gasteiger partial charge in [-0.3, -0.25) is 19.2 Å². The summed E-state index contributed by atoms with van der Waals surface area (Å²) in [6.45, 7) is 39.9. The van der Waals surface area contributed by atoms with E-state index >= 15 is 0 Å². The second-order valence-electron chi connectivity index (χ2n) is 18.8. The third-order valence-electron chi connectivity index (χ3n) is 9.99. The Balaban J connectivity index is -0.00000126. The zero-order chi connectivity index (χ0) is 49.4. The van der Waals surface area contributed by atoms with Crippen molar-refractivity contribution in [3.05, 3.63) is 48.6 Å². The van der Waals surface area contributed by atoms with Gasteiger partial charge in [-0.25, -0.2) is 9.59 Å². The molecule has 1 aliphatic heterocycles. The second kappa shape index (κ2) is 34.0. The summed E-state index contributed by atoms with van der Waals surface area (Å²) in [6, 6.07) is 6.83. The van der Waals surface area contributed by atoms with Crippen molar-refractivity contribution in [1.29, 1.82) is 0 Å². The molecular weight excluding hydrogens is 799 g/mol. The summed E-state index contributed by atoms with van der Waals surface area (Å²) in [5.41, 5.74) is 0.417. The molecule has 6 N–H and O–H groups in total. The molecule has 0 aromatic heterocycles. The lowest BCUT2D eigenvalue weighted by molar-refractivity contribution is -0.142. The lowest BCUT2D eigenvalue weighted by atomic mass is 9.85. The van der Waals surface area contributed by atoms with E-state index in [4.69, 9.17) is 5.11 Å². The first-order valence-electron chi connectivity index (χ1n) is 23.0. The fourth-order valence-electron chi connectivity index (χ4n) is 5.78. The number of hydrogen-bond acceptors (Lipinski definition) is 7. The van der Waals surface area contributed by atoms with Gasteiger partial charge in [-0.05, 0) is 67.5 Å². The molecule has 14 heteroatoms. The average Bonchev–Trinajstić information content (AvgIpc) is 3.72. The van der Waals surface area contributed by atoms with Crippen LogP contribution in [0.2, 0.25) is 0 Å². The first kappa shape index (κ1) is 62.8. The highest BCUT2D eigenvalue weighted by Crippen LogP contribution is 2.27. The summed E-state index contributed by atoms with van der Waals surface area (Å²) in [5, 5.41) is 21.9. The van der Waals surface area contributed by atoms with Crippen LogP contribution in [0.1, 0.15) is 155 Å². The predicted octanol–water partition coefficient (Wildman–Crippen LogP) is 8.55. The first-order chi connectivity index (χ1) is 29.3. The Hall–Kier alpha value is -4.46. The maximum atomic E-state index is 13.8. The van der Waals surface area contributed by atoms with Gasteiger partial charge in [-0.15, -0.1) is 6.58 Å². The van der Waals surface area contributed by atoms with Gasteiger partial charge in [0.05, 0.1) is 6.04 Å². The lowest BCUT2D eigenvalue weighted by Crippen LogP contribution is -2.61. The molecule has 364 valence electrons. The molecule has 1 aliphatic rings. The zero-order valence-corrected chi connectivity index (χ0v) is 42.3. The van der Waals surface area contributed by atoms with Crippen LogP contribution in [0, 0.1) is 16.2 Å². The van der Waals surface area contributed by atoms with Crippen LogP contribution < -0.4 is 26.6 Å². The Bertz CT molecular complexity index is 1430. The smallest absolute Gasteiger partial charge is 0.404 e. The Morgan fingerprint density at radius 2 is 1.46 bits per heavy atom. The number of rotatable bonds is 18. The Kier molecular flexibility index (Phi) is 33.9. The summed E-state index contributed by atoms with van der Waals surface area (Å²) in [5.74, 6) is -0.692. The molecule has 4 atom stereocenters. The highest BCUT2D eigenvalue weighted by molar-refractivity contribution is 5.94. The number of urea groups is 1. The Morgan fingerprint density at radius 1 is 0.889 bits per heavy atom. The van der Waals surface area contributed by atoms with Gasteiger partial charge in [0, 0.05) is 32.2 Å². The number of nitrogens with one attached hydrogen (secondary N) is 5. The minimum Gasteiger partial charge on any atom is -0.465 e. The third kappa shape index (κ3) is 30.3. The maximum absolute atomic E-state index is 13.8. The van der Waals surface area contributed by atoms with Crippen molar-refractivity contribution < 1.29 is 33.9 Å². The molecule has 6 amide bonds. The van der Waals surface area contributed by atoms with Gasteiger partial charge < -0.3 is 41.5 Å². The van der Waals surface area contributed by atoms with E-state index in [2.05, 4.69) is 100 Å². The molecule has 0 bridgehead atoms. The second-order valence-corrected chi connectivity index (χ2v) is 18.8. The largest absolute Gasteiger partial charge is 0.465 e. The number of benzene rings is 1. The monoisotopic (exact) mass is 890 g/mol. The van der Waals surface area contributed by atoms with E-state index in [0.717, 1.165) is 25.1 Å². The van der Waals surface area contributed by atoms with Crippen molar-refractivity contribution in [2.45, 2.75) is 180 Å². The van der Waals surface area contributed by atoms with Crippen LogP contribution in [-0.2, 0) is 25.7 Å². The first-order valence-corrected chi connectivity index (χ1v) is 23.0. The molecule has 1 aromatic carbocycles. The molecule has 63 heavy (non-hydrogen) atoms. The fourth-order valence-corrected chi connectivity index (χ4v) is 5.78. The SMILES string of the molecule is C=CCNC=O.CC.CCC(NC(=O)C1CCCN1C(=O)C(NC(=O)NC(CN(CC)CCC(C)(C)C)C(C)(C)C)C(C)(C)C)C(C)=O.CCCC.O=C(O)NCc1ccccc1. The van der Waals surface area contributed by atoms with Gasteiger partial charge in [0.2, 0.25) is 18.2 Å². The van der Waals surface area contributed by atoms with Crippen LogP contribution in [0.5, 0.6) is 0 Å². The van der Waals surface area contributed by atoms with Crippen LogP contribution >= 0.6 is 0 Å². The number of carbonyl (C=O) groups excluding carboxylic acids is 5. The van der Waals surface area contributed by atoms with Gasteiger partial charge in [0.1, 0.15) is 12.1 Å². The molecule has 2 rings (SSSR count). The Morgan fingerprint density at radius 3 is 1.86 bits per heavy atom. The summed E-state index contributed by atoms with van der Waals surface area (Å²) in [4.78, 5) is 75.6. The predicted molar refractivity (Wildman–Crippen MR) is 259 cm³/mol. The maximum Gasteiger partial charge on any atom is 0.404 e. The number of carboxylic acid groups (broad SMARTS) is 1. The van der Waals surface area contributed by atoms with E-state index in [-0.39, 0.29) is 40.5 Å². The number of hydrogen-bond donors (Lipinski definition) is 6. The fraction of sp³-hybridized carbons (Fsp3) is 0.714. The molecule has 0 radical (unpaired) electrons. The Labute approximate surface area is 382 Å². The van der Waals surface area contributed by atoms with Crippen molar-refractivity contribution >= 4 is 36.1 Å². The number of nitrogens with zero attached hydrogens (tertiary/aromatic N) is 2. The molecule has 0 spiro atoms. The van der Waals surface area contributed by atoms with Gasteiger partial charge in [-0.1, -0.05) is 153 Å². The molecule has 0 saturated carbocycles. The zero-order valence-electron chi connectivity index (χ0n) is 42.3. The van der Waals surface area contributed by atoms with Gasteiger partial charge >= 0.3 is 12.1 Å². The minimum absolute atomic E-state index is 0.105. The molecule has 1 aromatic rings. The number of ketones is 1. The average molecular weight is 890 g/mol. The highest BCUT2D eigenvalue weighted by atomic mass is 16.4. The minimum atomic E-state index is -0.992. The molecule has 0 aliphatic carbocycles. The number of amides is 6. The van der Waals surface area contributed by atoms with Crippen LogP contribution in [-0.4, -0.2) is 108 Å². The molecule has 1 fully saturated rings. The standard InChI is InChI=1S/C31H59N5O4.C8H9NO2.C4H7NO.C4H10.C2H6/c1-13-22(21(3)37)32-26(38)23-16-15-18-36(23)27(39)25(31(10,11)12)34-28(40)33-24(30(7,8)9)20-35(14-2)19-17-29(4,5)6;10-8(11)9-6-7-4-2-1-3-5-7;1-2-3-5-4-6;1-3-4-2;1-2/h22-25H,13-20H2,1-12H3,(H,32,38)(H2,33,34,40);1-5,9H,6H2,(H,10,11);2,4H,1,3H2,(H,5,6);3-4H2,1-2H3;1-2H3. The summed E-state index contributed by atoms with van der Waals surface area (Å²) < 4.78 is 0. The van der Waals surface area contributed by atoms with Crippen LogP contribution in [0.15, 0.2) is 43.0 Å². The van der Waals surface area contributed by atoms with Crippen LogP contribution in [0.25, 0.3) is 0 Å². The topological polar surface area (TPSA) is 189 Å². The number of carbonyl (C=O) groups is 6. The number of unbranched alkanes of at least 4 members (excludes halogenated alkanes) is 1. The van der Waals surface area contributed by atoms with Crippen molar-refractivity contribution in [1.82, 2.24) is 36.4 Å². The van der Waals surface area contributed by atoms with Gasteiger partial charge in [-0.2, -0.15) is 0 Å². The molecular formula is C49H91N7O7. The van der Waals surface area contributed by atoms with Crippen LogP contribution in [0.4, 0.5) is 9.59 Å². The third-order valence-corrected chi connectivity index (χ3v) is 9.99. The van der Waals surface area contributed by atoms with E-state index in [9.17, 15) is 28.8 Å². The number of Topliss-reactive ketones (excluding diaryl/α,β-unsaturated/α-hetero) is 1. The van der Waals surface area contributed by atoms with Crippen molar-refractivity contribution in [2.24, 2.45) is 16.2 Å². The van der Waals surface area contributed by atoms with Crippen molar-refractivity contribution in [3.8, 4) is 0 Å². The van der Waals surface area contributed by atoms with E-state index < -0.39 is 29.6 Å².